The van der Waals surface area contributed by atoms with Gasteiger partial charge in [-0.2, -0.15) is 0 Å². The number of carbonyl (C=O) groups excluding carboxylic acids is 2. The summed E-state index contributed by atoms with van der Waals surface area (Å²) in [6.45, 7) is 0.250. The number of hydrogen-bond acceptors (Lipinski definition) is 2. The lowest BCUT2D eigenvalue weighted by molar-refractivity contribution is -0.141. The third-order valence-electron chi connectivity index (χ3n) is 6.82. The maximum atomic E-state index is 13.9. The third kappa shape index (κ3) is 7.98. The van der Waals surface area contributed by atoms with Gasteiger partial charge in [0.2, 0.25) is 11.8 Å². The van der Waals surface area contributed by atoms with Crippen molar-refractivity contribution in [3.05, 3.63) is 105 Å². The maximum Gasteiger partial charge on any atom is 0.243 e. The van der Waals surface area contributed by atoms with Crippen LogP contribution in [0.4, 0.5) is 0 Å². The number of carbonyl (C=O) groups is 2. The Kier molecular flexibility index (Phi) is 9.90. The zero-order valence-electron chi connectivity index (χ0n) is 20.6. The van der Waals surface area contributed by atoms with E-state index in [2.05, 4.69) is 5.32 Å². The number of amides is 2. The smallest absolute Gasteiger partial charge is 0.243 e. The van der Waals surface area contributed by atoms with Gasteiger partial charge in [-0.25, -0.2) is 0 Å². The van der Waals surface area contributed by atoms with Crippen molar-refractivity contribution < 1.29 is 9.59 Å². The standard InChI is InChI=1S/C30H31Cl3N2O2/c31-24-11-7-10-22(16-24)20-35(29(36)18-23-14-15-25(32)19-27(23)33)28(17-21-8-3-1-4-9-21)30(37)34-26-12-5-2-6-13-26/h1,3-4,7-11,14-16,19,26,28H,2,5-6,12-13,17-18,20H2,(H,34,37)/t28-/m0/s1. The van der Waals surface area contributed by atoms with E-state index in [1.54, 1.807) is 29.2 Å². The van der Waals surface area contributed by atoms with E-state index in [0.29, 0.717) is 27.1 Å². The van der Waals surface area contributed by atoms with Gasteiger partial charge >= 0.3 is 0 Å². The van der Waals surface area contributed by atoms with E-state index in [9.17, 15) is 9.59 Å². The predicted molar refractivity (Wildman–Crippen MR) is 151 cm³/mol. The summed E-state index contributed by atoms with van der Waals surface area (Å²) in [7, 11) is 0. The molecule has 0 unspecified atom stereocenters. The van der Waals surface area contributed by atoms with E-state index < -0.39 is 6.04 Å². The molecule has 194 valence electrons. The van der Waals surface area contributed by atoms with Gasteiger partial charge in [0.15, 0.2) is 0 Å². The second-order valence-electron chi connectivity index (χ2n) is 9.61. The van der Waals surface area contributed by atoms with Gasteiger partial charge in [-0.1, -0.05) is 103 Å². The first-order chi connectivity index (χ1) is 17.9. The Labute approximate surface area is 233 Å². The lowest BCUT2D eigenvalue weighted by atomic mass is 9.94. The zero-order valence-corrected chi connectivity index (χ0v) is 22.9. The van der Waals surface area contributed by atoms with Gasteiger partial charge in [-0.05, 0) is 53.8 Å². The quantitative estimate of drug-likeness (QED) is 0.301. The summed E-state index contributed by atoms with van der Waals surface area (Å²) in [5.41, 5.74) is 2.50. The molecule has 1 aliphatic rings. The fraction of sp³-hybridized carbons (Fsp3) is 0.333. The van der Waals surface area contributed by atoms with Gasteiger partial charge in [0.25, 0.3) is 0 Å². The number of hydrogen-bond donors (Lipinski definition) is 1. The van der Waals surface area contributed by atoms with E-state index >= 15 is 0 Å². The van der Waals surface area contributed by atoms with Crippen LogP contribution in [0, 0.1) is 0 Å². The van der Waals surface area contributed by atoms with Crippen LogP contribution in [0.1, 0.15) is 48.8 Å². The van der Waals surface area contributed by atoms with Crippen LogP contribution in [-0.4, -0.2) is 28.8 Å². The number of benzene rings is 3. The van der Waals surface area contributed by atoms with Crippen LogP contribution in [0.3, 0.4) is 0 Å². The minimum atomic E-state index is -0.693. The molecule has 0 bridgehead atoms. The highest BCUT2D eigenvalue weighted by molar-refractivity contribution is 6.35. The molecule has 3 aromatic carbocycles. The molecule has 1 fully saturated rings. The molecule has 1 saturated carbocycles. The monoisotopic (exact) mass is 556 g/mol. The molecule has 4 rings (SSSR count). The van der Waals surface area contributed by atoms with E-state index in [4.69, 9.17) is 34.8 Å². The Bertz CT molecular complexity index is 1210. The Morgan fingerprint density at radius 3 is 2.24 bits per heavy atom. The Hall–Kier alpha value is -2.53. The van der Waals surface area contributed by atoms with Crippen LogP contribution in [0.2, 0.25) is 15.1 Å². The van der Waals surface area contributed by atoms with Crippen LogP contribution < -0.4 is 5.32 Å². The molecule has 0 spiro atoms. The summed E-state index contributed by atoms with van der Waals surface area (Å²) < 4.78 is 0. The molecular weight excluding hydrogens is 527 g/mol. The van der Waals surface area contributed by atoms with Crippen molar-refractivity contribution in [3.63, 3.8) is 0 Å². The minimum Gasteiger partial charge on any atom is -0.352 e. The van der Waals surface area contributed by atoms with Crippen LogP contribution in [0.25, 0.3) is 0 Å². The molecule has 4 nitrogen and oxygen atoms in total. The average molecular weight is 558 g/mol. The summed E-state index contributed by atoms with van der Waals surface area (Å²) in [5, 5.41) is 4.76. The lowest BCUT2D eigenvalue weighted by Gasteiger charge is -2.33. The van der Waals surface area contributed by atoms with E-state index in [0.717, 1.165) is 36.8 Å². The summed E-state index contributed by atoms with van der Waals surface area (Å²) in [4.78, 5) is 29.4. The molecule has 0 radical (unpaired) electrons. The Morgan fingerprint density at radius 2 is 1.54 bits per heavy atom. The van der Waals surface area contributed by atoms with Gasteiger partial charge < -0.3 is 10.2 Å². The summed E-state index contributed by atoms with van der Waals surface area (Å²) in [6.07, 6.45) is 5.79. The second kappa shape index (κ2) is 13.3. The fourth-order valence-electron chi connectivity index (χ4n) is 4.86. The molecule has 7 heteroatoms. The number of nitrogens with zero attached hydrogens (tertiary/aromatic N) is 1. The zero-order chi connectivity index (χ0) is 26.2. The molecule has 1 atom stereocenters. The summed E-state index contributed by atoms with van der Waals surface area (Å²) >= 11 is 18.7. The molecule has 2 amide bonds. The highest BCUT2D eigenvalue weighted by Gasteiger charge is 2.32. The predicted octanol–water partition coefficient (Wildman–Crippen LogP) is 7.28. The third-order valence-corrected chi connectivity index (χ3v) is 7.64. The van der Waals surface area contributed by atoms with E-state index in [1.807, 2.05) is 48.5 Å². The molecule has 0 saturated heterocycles. The molecule has 1 N–H and O–H groups in total. The van der Waals surface area contributed by atoms with E-state index in [-0.39, 0.29) is 30.8 Å². The normalized spacial score (nSPS) is 14.7. The molecule has 37 heavy (non-hydrogen) atoms. The van der Waals surface area contributed by atoms with E-state index in [1.165, 1.54) is 6.42 Å². The highest BCUT2D eigenvalue weighted by Crippen LogP contribution is 2.24. The number of halogens is 3. The number of nitrogens with one attached hydrogen (secondary N) is 1. The van der Waals surface area contributed by atoms with Gasteiger partial charge in [-0.15, -0.1) is 0 Å². The first kappa shape index (κ1) is 27.5. The minimum absolute atomic E-state index is 0.0541. The van der Waals surface area contributed by atoms with Crippen LogP contribution in [-0.2, 0) is 29.0 Å². The SMILES string of the molecule is O=C(NC1CCCCC1)[C@H](Cc1ccccc1)N(Cc1cccc(Cl)c1)C(=O)Cc1ccc(Cl)cc1Cl. The van der Waals surface area contributed by atoms with Gasteiger partial charge in [0, 0.05) is 34.1 Å². The summed E-state index contributed by atoms with van der Waals surface area (Å²) in [5.74, 6) is -0.322. The highest BCUT2D eigenvalue weighted by atomic mass is 35.5. The van der Waals surface area contributed by atoms with Crippen molar-refractivity contribution in [1.82, 2.24) is 10.2 Å². The van der Waals surface area contributed by atoms with Crippen molar-refractivity contribution >= 4 is 46.6 Å². The van der Waals surface area contributed by atoms with Crippen LogP contribution in [0.5, 0.6) is 0 Å². The molecular formula is C30H31Cl3N2O2. The van der Waals surface area contributed by atoms with Crippen molar-refractivity contribution in [1.29, 1.82) is 0 Å². The number of rotatable bonds is 9. The Balaban J connectivity index is 1.67. The lowest BCUT2D eigenvalue weighted by Crippen LogP contribution is -2.53. The molecule has 0 aromatic heterocycles. The molecule has 0 heterocycles. The van der Waals surface area contributed by atoms with Crippen molar-refractivity contribution in [2.24, 2.45) is 0 Å². The largest absolute Gasteiger partial charge is 0.352 e. The molecule has 3 aromatic rings. The van der Waals surface area contributed by atoms with Crippen molar-refractivity contribution in [2.45, 2.75) is 63.6 Å². The van der Waals surface area contributed by atoms with Gasteiger partial charge in [0.1, 0.15) is 6.04 Å². The maximum absolute atomic E-state index is 13.9. The Morgan fingerprint density at radius 1 is 0.838 bits per heavy atom. The second-order valence-corrected chi connectivity index (χ2v) is 10.9. The summed E-state index contributed by atoms with van der Waals surface area (Å²) in [6, 6.07) is 21.7. The van der Waals surface area contributed by atoms with Crippen LogP contribution in [0.15, 0.2) is 72.8 Å². The first-order valence-corrected chi connectivity index (χ1v) is 13.8. The van der Waals surface area contributed by atoms with Crippen molar-refractivity contribution in [2.75, 3.05) is 0 Å². The fourth-order valence-corrected chi connectivity index (χ4v) is 5.55. The molecule has 0 aliphatic heterocycles. The van der Waals surface area contributed by atoms with Crippen molar-refractivity contribution in [3.8, 4) is 0 Å². The molecule has 1 aliphatic carbocycles. The van der Waals surface area contributed by atoms with Gasteiger partial charge in [0.05, 0.1) is 6.42 Å². The topological polar surface area (TPSA) is 49.4 Å². The average Bonchev–Trinajstić information content (AvgIpc) is 2.89. The van der Waals surface area contributed by atoms with Gasteiger partial charge in [-0.3, -0.25) is 9.59 Å². The van der Waals surface area contributed by atoms with Crippen LogP contribution >= 0.6 is 34.8 Å². The first-order valence-electron chi connectivity index (χ1n) is 12.7.